The first-order valence-electron chi connectivity index (χ1n) is 5.75. The zero-order chi connectivity index (χ0) is 13.0. The van der Waals surface area contributed by atoms with E-state index in [1.165, 1.54) is 0 Å². The van der Waals surface area contributed by atoms with Crippen molar-refractivity contribution in [3.05, 3.63) is 46.8 Å². The van der Waals surface area contributed by atoms with Crippen LogP contribution in [-0.2, 0) is 4.79 Å². The highest BCUT2D eigenvalue weighted by Crippen LogP contribution is 2.21. The lowest BCUT2D eigenvalue weighted by molar-refractivity contribution is -0.113. The van der Waals surface area contributed by atoms with Crippen molar-refractivity contribution in [3.63, 3.8) is 0 Å². The fourth-order valence-corrected chi connectivity index (χ4v) is 1.59. The molecule has 0 saturated carbocycles. The molecule has 0 unspecified atom stereocenters. The highest BCUT2D eigenvalue weighted by Gasteiger charge is 2.05. The molecule has 0 aliphatic carbocycles. The van der Waals surface area contributed by atoms with Crippen LogP contribution in [0.1, 0.15) is 37.6 Å². The lowest BCUT2D eigenvalue weighted by atomic mass is 9.98. The number of Topliss-reactive ketones (excluding diaryl/α,β-unsaturated/α-hetero) is 1. The number of allylic oxidation sites excluding steroid dienone is 4. The summed E-state index contributed by atoms with van der Waals surface area (Å²) < 4.78 is 0. The van der Waals surface area contributed by atoms with Gasteiger partial charge < -0.3 is 0 Å². The molecule has 0 atom stereocenters. The Kier molecular flexibility index (Phi) is 4.38. The SMILES string of the molecule is C/C=C(\C=C(/C)C(C)=O)c1cc(C)ncc1C. The summed E-state index contributed by atoms with van der Waals surface area (Å²) in [6.07, 6.45) is 5.82. The summed E-state index contributed by atoms with van der Waals surface area (Å²) in [7, 11) is 0. The molecule has 17 heavy (non-hydrogen) atoms. The predicted octanol–water partition coefficient (Wildman–Crippen LogP) is 3.64. The maximum atomic E-state index is 11.3. The molecule has 1 aromatic heterocycles. The number of nitrogens with zero attached hydrogens (tertiary/aromatic N) is 1. The second-order valence-corrected chi connectivity index (χ2v) is 4.27. The van der Waals surface area contributed by atoms with Gasteiger partial charge in [0.2, 0.25) is 0 Å². The summed E-state index contributed by atoms with van der Waals surface area (Å²) in [6, 6.07) is 2.05. The van der Waals surface area contributed by atoms with Gasteiger partial charge in [0.25, 0.3) is 0 Å². The van der Waals surface area contributed by atoms with Gasteiger partial charge in [0.05, 0.1) is 0 Å². The Morgan fingerprint density at radius 3 is 2.47 bits per heavy atom. The molecular formula is C15H19NO. The van der Waals surface area contributed by atoms with Crippen molar-refractivity contribution in [1.82, 2.24) is 4.98 Å². The molecule has 1 aromatic rings. The standard InChI is InChI=1S/C15H19NO/c1-6-14(7-10(2)13(5)17)15-8-12(4)16-9-11(15)3/h6-9H,1-5H3/b10-7+,14-6+. The molecule has 0 aromatic carbocycles. The minimum Gasteiger partial charge on any atom is -0.295 e. The van der Waals surface area contributed by atoms with Crippen LogP contribution in [-0.4, -0.2) is 10.8 Å². The summed E-state index contributed by atoms with van der Waals surface area (Å²) in [6.45, 7) is 9.41. The summed E-state index contributed by atoms with van der Waals surface area (Å²) in [4.78, 5) is 15.5. The molecule has 0 aliphatic heterocycles. The van der Waals surface area contributed by atoms with E-state index in [4.69, 9.17) is 0 Å². The number of hydrogen-bond donors (Lipinski definition) is 0. The van der Waals surface area contributed by atoms with Crippen LogP contribution in [0.4, 0.5) is 0 Å². The van der Waals surface area contributed by atoms with Gasteiger partial charge in [0.15, 0.2) is 5.78 Å². The zero-order valence-electron chi connectivity index (χ0n) is 11.2. The van der Waals surface area contributed by atoms with Crippen molar-refractivity contribution >= 4 is 11.4 Å². The minimum atomic E-state index is 0.104. The van der Waals surface area contributed by atoms with Crippen molar-refractivity contribution in [3.8, 4) is 0 Å². The molecule has 0 saturated heterocycles. The van der Waals surface area contributed by atoms with E-state index in [-0.39, 0.29) is 5.78 Å². The number of aryl methyl sites for hydroxylation is 2. The molecule has 2 nitrogen and oxygen atoms in total. The third-order valence-corrected chi connectivity index (χ3v) is 2.79. The molecule has 0 amide bonds. The van der Waals surface area contributed by atoms with Crippen LogP contribution >= 0.6 is 0 Å². The Morgan fingerprint density at radius 2 is 1.94 bits per heavy atom. The summed E-state index contributed by atoms with van der Waals surface area (Å²) in [5.41, 5.74) is 5.09. The van der Waals surface area contributed by atoms with Gasteiger partial charge in [-0.1, -0.05) is 6.08 Å². The average Bonchev–Trinajstić information content (AvgIpc) is 2.29. The number of hydrogen-bond acceptors (Lipinski definition) is 2. The fraction of sp³-hybridized carbons (Fsp3) is 0.333. The normalized spacial score (nSPS) is 12.8. The Morgan fingerprint density at radius 1 is 1.29 bits per heavy atom. The van der Waals surface area contributed by atoms with E-state index < -0.39 is 0 Å². The molecule has 0 N–H and O–H groups in total. The van der Waals surface area contributed by atoms with Gasteiger partial charge in [-0.25, -0.2) is 0 Å². The molecule has 1 rings (SSSR count). The number of ketones is 1. The lowest BCUT2D eigenvalue weighted by Crippen LogP contribution is -1.95. The highest BCUT2D eigenvalue weighted by atomic mass is 16.1. The second kappa shape index (κ2) is 5.58. The monoisotopic (exact) mass is 229 g/mol. The highest BCUT2D eigenvalue weighted by molar-refractivity contribution is 5.96. The maximum Gasteiger partial charge on any atom is 0.155 e. The number of pyridine rings is 1. The number of carbonyl (C=O) groups is 1. The minimum absolute atomic E-state index is 0.104. The Balaban J connectivity index is 3.25. The Labute approximate surface area is 103 Å². The van der Waals surface area contributed by atoms with Gasteiger partial charge in [-0.3, -0.25) is 9.78 Å². The van der Waals surface area contributed by atoms with Gasteiger partial charge in [0, 0.05) is 11.9 Å². The van der Waals surface area contributed by atoms with E-state index in [0.29, 0.717) is 0 Å². The molecule has 1 heterocycles. The second-order valence-electron chi connectivity index (χ2n) is 4.27. The first-order chi connectivity index (χ1) is 7.95. The van der Waals surface area contributed by atoms with Crippen molar-refractivity contribution in [2.45, 2.75) is 34.6 Å². The number of carbonyl (C=O) groups excluding carboxylic acids is 1. The molecule has 90 valence electrons. The molecule has 0 bridgehead atoms. The third-order valence-electron chi connectivity index (χ3n) is 2.79. The van der Waals surface area contributed by atoms with E-state index in [9.17, 15) is 4.79 Å². The largest absolute Gasteiger partial charge is 0.295 e. The molecule has 2 heteroatoms. The third kappa shape index (κ3) is 3.38. The van der Waals surface area contributed by atoms with E-state index >= 15 is 0 Å². The Hall–Kier alpha value is -1.70. The predicted molar refractivity (Wildman–Crippen MR) is 71.8 cm³/mol. The van der Waals surface area contributed by atoms with E-state index in [1.807, 2.05) is 46.0 Å². The van der Waals surface area contributed by atoms with Crippen molar-refractivity contribution in [2.75, 3.05) is 0 Å². The summed E-state index contributed by atoms with van der Waals surface area (Å²) in [5.74, 6) is 0.104. The molecule has 0 aliphatic rings. The smallest absolute Gasteiger partial charge is 0.155 e. The Bertz CT molecular complexity index is 496. The molecule has 0 fully saturated rings. The van der Waals surface area contributed by atoms with Gasteiger partial charge in [-0.2, -0.15) is 0 Å². The van der Waals surface area contributed by atoms with E-state index in [0.717, 1.165) is 28.0 Å². The van der Waals surface area contributed by atoms with Crippen molar-refractivity contribution in [2.24, 2.45) is 0 Å². The first-order valence-corrected chi connectivity index (χ1v) is 5.75. The average molecular weight is 229 g/mol. The summed E-state index contributed by atoms with van der Waals surface area (Å²) in [5, 5.41) is 0. The molecule has 0 radical (unpaired) electrons. The fourth-order valence-electron chi connectivity index (χ4n) is 1.59. The van der Waals surface area contributed by atoms with Gasteiger partial charge in [-0.05, 0) is 69.0 Å². The van der Waals surface area contributed by atoms with Crippen LogP contribution in [0.25, 0.3) is 5.57 Å². The lowest BCUT2D eigenvalue weighted by Gasteiger charge is -2.08. The zero-order valence-corrected chi connectivity index (χ0v) is 11.2. The van der Waals surface area contributed by atoms with Crippen LogP contribution in [0.3, 0.4) is 0 Å². The summed E-state index contributed by atoms with van der Waals surface area (Å²) >= 11 is 0. The maximum absolute atomic E-state index is 11.3. The van der Waals surface area contributed by atoms with Crippen molar-refractivity contribution < 1.29 is 4.79 Å². The van der Waals surface area contributed by atoms with Gasteiger partial charge in [-0.15, -0.1) is 0 Å². The number of rotatable bonds is 3. The molecule has 0 spiro atoms. The topological polar surface area (TPSA) is 30.0 Å². The van der Waals surface area contributed by atoms with E-state index in [1.54, 1.807) is 6.92 Å². The van der Waals surface area contributed by atoms with Crippen LogP contribution in [0, 0.1) is 13.8 Å². The quantitative estimate of drug-likeness (QED) is 0.585. The van der Waals surface area contributed by atoms with Crippen LogP contribution in [0.2, 0.25) is 0 Å². The van der Waals surface area contributed by atoms with Gasteiger partial charge in [0.1, 0.15) is 0 Å². The van der Waals surface area contributed by atoms with Crippen LogP contribution in [0.5, 0.6) is 0 Å². The van der Waals surface area contributed by atoms with Gasteiger partial charge >= 0.3 is 0 Å². The van der Waals surface area contributed by atoms with Crippen LogP contribution in [0.15, 0.2) is 30.0 Å². The van der Waals surface area contributed by atoms with Crippen LogP contribution < -0.4 is 0 Å². The first kappa shape index (κ1) is 13.4. The van der Waals surface area contributed by atoms with E-state index in [2.05, 4.69) is 11.1 Å². The molecular weight excluding hydrogens is 210 g/mol. The number of aromatic nitrogens is 1. The van der Waals surface area contributed by atoms with Crippen molar-refractivity contribution in [1.29, 1.82) is 0 Å².